The molecule has 0 heterocycles. The highest BCUT2D eigenvalue weighted by atomic mass is 19.1. The Kier molecular flexibility index (Phi) is 4.69. The first-order valence-corrected chi connectivity index (χ1v) is 6.73. The second kappa shape index (κ2) is 6.48. The van der Waals surface area contributed by atoms with Gasteiger partial charge in [-0.25, -0.2) is 4.39 Å². The van der Waals surface area contributed by atoms with E-state index in [1.807, 2.05) is 12.1 Å². The molecule has 0 unspecified atom stereocenters. The topological polar surface area (TPSA) is 12.0 Å². The molecular weight excluding hydrogens is 237 g/mol. The van der Waals surface area contributed by atoms with E-state index in [1.54, 1.807) is 6.92 Å². The molecule has 0 aliphatic rings. The third kappa shape index (κ3) is 3.65. The van der Waals surface area contributed by atoms with E-state index in [0.29, 0.717) is 5.56 Å². The molecule has 1 nitrogen and oxygen atoms in total. The Balaban J connectivity index is 1.94. The summed E-state index contributed by atoms with van der Waals surface area (Å²) in [6, 6.07) is 13.7. The van der Waals surface area contributed by atoms with Crippen molar-refractivity contribution in [1.29, 1.82) is 0 Å². The summed E-state index contributed by atoms with van der Waals surface area (Å²) in [4.78, 5) is 0. The lowest BCUT2D eigenvalue weighted by Gasteiger charge is -2.09. The van der Waals surface area contributed by atoms with Crippen molar-refractivity contribution in [2.45, 2.75) is 33.4 Å². The van der Waals surface area contributed by atoms with Gasteiger partial charge in [0.1, 0.15) is 5.82 Å². The predicted octanol–water partition coefficient (Wildman–Crippen LogP) is 3.99. The average molecular weight is 257 g/mol. The molecule has 2 heteroatoms. The number of nitrogens with one attached hydrogen (secondary N) is 1. The molecule has 0 aromatic heterocycles. The van der Waals surface area contributed by atoms with Crippen LogP contribution in [0.25, 0.3) is 0 Å². The molecule has 100 valence electrons. The van der Waals surface area contributed by atoms with Crippen LogP contribution >= 0.6 is 0 Å². The number of hydrogen-bond donors (Lipinski definition) is 1. The van der Waals surface area contributed by atoms with Crippen LogP contribution < -0.4 is 5.32 Å². The van der Waals surface area contributed by atoms with E-state index >= 15 is 0 Å². The third-order valence-corrected chi connectivity index (χ3v) is 3.37. The summed E-state index contributed by atoms with van der Waals surface area (Å²) in [5.41, 5.74) is 4.54. The van der Waals surface area contributed by atoms with Gasteiger partial charge in [0.15, 0.2) is 0 Å². The Bertz CT molecular complexity index is 549. The standard InChI is InChI=1S/C17H20FN/c1-3-15-6-4-5-7-16(15)12-19-11-14-8-9-17(18)13(2)10-14/h4-10,19H,3,11-12H2,1-2H3. The molecule has 0 saturated heterocycles. The molecule has 2 aromatic rings. The van der Waals surface area contributed by atoms with Gasteiger partial charge in [0, 0.05) is 13.1 Å². The Morgan fingerprint density at radius 2 is 1.74 bits per heavy atom. The van der Waals surface area contributed by atoms with Crippen LogP contribution in [0.1, 0.15) is 29.2 Å². The summed E-state index contributed by atoms with van der Waals surface area (Å²) >= 11 is 0. The van der Waals surface area contributed by atoms with E-state index in [2.05, 4.69) is 36.5 Å². The van der Waals surface area contributed by atoms with Crippen molar-refractivity contribution in [2.75, 3.05) is 0 Å². The van der Waals surface area contributed by atoms with Crippen molar-refractivity contribution in [3.05, 3.63) is 70.5 Å². The highest BCUT2D eigenvalue weighted by Crippen LogP contribution is 2.11. The molecule has 2 rings (SSSR count). The lowest BCUT2D eigenvalue weighted by atomic mass is 10.1. The van der Waals surface area contributed by atoms with E-state index in [1.165, 1.54) is 17.2 Å². The highest BCUT2D eigenvalue weighted by Gasteiger charge is 2.01. The molecule has 19 heavy (non-hydrogen) atoms. The van der Waals surface area contributed by atoms with Gasteiger partial charge in [0.05, 0.1) is 0 Å². The van der Waals surface area contributed by atoms with E-state index < -0.39 is 0 Å². The van der Waals surface area contributed by atoms with Gasteiger partial charge < -0.3 is 5.32 Å². The summed E-state index contributed by atoms with van der Waals surface area (Å²) < 4.78 is 13.2. The first-order chi connectivity index (χ1) is 9.20. The van der Waals surface area contributed by atoms with Crippen LogP contribution in [0.5, 0.6) is 0 Å². The fraction of sp³-hybridized carbons (Fsp3) is 0.294. The number of aryl methyl sites for hydroxylation is 2. The summed E-state index contributed by atoms with van der Waals surface area (Å²) in [5.74, 6) is -0.139. The van der Waals surface area contributed by atoms with Crippen LogP contribution in [0.4, 0.5) is 4.39 Å². The maximum absolute atomic E-state index is 13.2. The van der Waals surface area contributed by atoms with Gasteiger partial charge in [0.25, 0.3) is 0 Å². The van der Waals surface area contributed by atoms with Gasteiger partial charge >= 0.3 is 0 Å². The molecule has 0 radical (unpaired) electrons. The largest absolute Gasteiger partial charge is 0.309 e. The van der Waals surface area contributed by atoms with Gasteiger partial charge in [0.2, 0.25) is 0 Å². The van der Waals surface area contributed by atoms with Crippen LogP contribution in [0, 0.1) is 12.7 Å². The van der Waals surface area contributed by atoms with Gasteiger partial charge in [-0.2, -0.15) is 0 Å². The smallest absolute Gasteiger partial charge is 0.126 e. The van der Waals surface area contributed by atoms with E-state index in [0.717, 1.165) is 25.1 Å². The van der Waals surface area contributed by atoms with Crippen LogP contribution in [-0.4, -0.2) is 0 Å². The second-order valence-corrected chi connectivity index (χ2v) is 4.81. The molecule has 0 bridgehead atoms. The molecule has 0 aliphatic carbocycles. The number of hydrogen-bond acceptors (Lipinski definition) is 1. The van der Waals surface area contributed by atoms with E-state index in [-0.39, 0.29) is 5.82 Å². The van der Waals surface area contributed by atoms with Gasteiger partial charge in [-0.05, 0) is 41.7 Å². The van der Waals surface area contributed by atoms with Gasteiger partial charge in [-0.3, -0.25) is 0 Å². The highest BCUT2D eigenvalue weighted by molar-refractivity contribution is 5.27. The molecule has 2 aromatic carbocycles. The normalized spacial score (nSPS) is 10.7. The monoisotopic (exact) mass is 257 g/mol. The van der Waals surface area contributed by atoms with Crippen LogP contribution in [0.15, 0.2) is 42.5 Å². The van der Waals surface area contributed by atoms with Gasteiger partial charge in [-0.1, -0.05) is 43.3 Å². The quantitative estimate of drug-likeness (QED) is 0.854. The lowest BCUT2D eigenvalue weighted by molar-refractivity contribution is 0.615. The lowest BCUT2D eigenvalue weighted by Crippen LogP contribution is -2.14. The molecule has 1 N–H and O–H groups in total. The van der Waals surface area contributed by atoms with E-state index in [4.69, 9.17) is 0 Å². The maximum Gasteiger partial charge on any atom is 0.126 e. The zero-order chi connectivity index (χ0) is 13.7. The average Bonchev–Trinajstić information content (AvgIpc) is 2.43. The number of halogens is 1. The predicted molar refractivity (Wildman–Crippen MR) is 77.5 cm³/mol. The first-order valence-electron chi connectivity index (χ1n) is 6.73. The van der Waals surface area contributed by atoms with Gasteiger partial charge in [-0.15, -0.1) is 0 Å². The molecule has 0 saturated carbocycles. The molecule has 0 atom stereocenters. The molecule has 0 fully saturated rings. The third-order valence-electron chi connectivity index (χ3n) is 3.37. The second-order valence-electron chi connectivity index (χ2n) is 4.81. The molecule has 0 spiro atoms. The summed E-state index contributed by atoms with van der Waals surface area (Å²) in [5, 5.41) is 3.42. The molecule has 0 aliphatic heterocycles. The minimum Gasteiger partial charge on any atom is -0.309 e. The summed E-state index contributed by atoms with van der Waals surface area (Å²) in [7, 11) is 0. The van der Waals surface area contributed by atoms with Crippen molar-refractivity contribution in [3.8, 4) is 0 Å². The van der Waals surface area contributed by atoms with Crippen molar-refractivity contribution in [3.63, 3.8) is 0 Å². The Hall–Kier alpha value is -1.67. The summed E-state index contributed by atoms with van der Waals surface area (Å²) in [6.07, 6.45) is 1.05. The van der Waals surface area contributed by atoms with Crippen LogP contribution in [0.2, 0.25) is 0 Å². The van der Waals surface area contributed by atoms with Crippen molar-refractivity contribution in [1.82, 2.24) is 5.32 Å². The minimum atomic E-state index is -0.139. The van der Waals surface area contributed by atoms with E-state index in [9.17, 15) is 4.39 Å². The fourth-order valence-electron chi connectivity index (χ4n) is 2.23. The molecule has 0 amide bonds. The van der Waals surface area contributed by atoms with Crippen LogP contribution in [0.3, 0.4) is 0 Å². The van der Waals surface area contributed by atoms with Crippen molar-refractivity contribution >= 4 is 0 Å². The Morgan fingerprint density at radius 3 is 2.42 bits per heavy atom. The van der Waals surface area contributed by atoms with Crippen molar-refractivity contribution < 1.29 is 4.39 Å². The first kappa shape index (κ1) is 13.8. The number of rotatable bonds is 5. The SMILES string of the molecule is CCc1ccccc1CNCc1ccc(F)c(C)c1. The summed E-state index contributed by atoms with van der Waals surface area (Å²) in [6.45, 7) is 5.58. The van der Waals surface area contributed by atoms with Crippen molar-refractivity contribution in [2.24, 2.45) is 0 Å². The minimum absolute atomic E-state index is 0.139. The fourth-order valence-corrected chi connectivity index (χ4v) is 2.23. The Labute approximate surface area is 114 Å². The zero-order valence-corrected chi connectivity index (χ0v) is 11.5. The number of benzene rings is 2. The maximum atomic E-state index is 13.2. The zero-order valence-electron chi connectivity index (χ0n) is 11.5. The Morgan fingerprint density at radius 1 is 1.00 bits per heavy atom. The van der Waals surface area contributed by atoms with Crippen LogP contribution in [-0.2, 0) is 19.5 Å². The molecular formula is C17H20FN.